The van der Waals surface area contributed by atoms with Gasteiger partial charge in [0.05, 0.1) is 30.3 Å². The van der Waals surface area contributed by atoms with Gasteiger partial charge < -0.3 is 14.9 Å². The van der Waals surface area contributed by atoms with E-state index in [1.807, 2.05) is 19.9 Å². The van der Waals surface area contributed by atoms with E-state index >= 15 is 0 Å². The molecule has 0 heterocycles. The standard InChI is InChI=1S/C32H45NO5/c1-27(2)9-11-32(26(37)38-8)12-10-30(6)23(19(32)15-27)20(34)13-22-29(5)14-18(17-33)25(36)28(3,4)24(29)21(35)16-31(22,30)7/h13,19,21,23-24,35-36H,9-12,14-16H2,1-8H3/t19-,21+,23-,24-,29+,30+,31+,32-/m0/s1. The normalized spacial score (nSPS) is 46.9. The predicted octanol–water partition coefficient (Wildman–Crippen LogP) is 6.06. The molecule has 6 nitrogen and oxygen atoms in total. The number of aliphatic hydroxyl groups excluding tert-OH is 2. The van der Waals surface area contributed by atoms with Gasteiger partial charge in [0, 0.05) is 22.7 Å². The Morgan fingerprint density at radius 3 is 2.29 bits per heavy atom. The maximum absolute atomic E-state index is 14.4. The number of nitrogens with zero attached hydrogens (tertiary/aromatic N) is 1. The molecule has 3 saturated carbocycles. The molecule has 0 saturated heterocycles. The number of allylic oxidation sites excluding steroid dienone is 4. The largest absolute Gasteiger partial charge is 0.511 e. The summed E-state index contributed by atoms with van der Waals surface area (Å²) in [5, 5.41) is 32.8. The molecule has 0 amide bonds. The van der Waals surface area contributed by atoms with Crippen molar-refractivity contribution in [1.29, 1.82) is 5.26 Å². The van der Waals surface area contributed by atoms with Crippen LogP contribution in [0, 0.1) is 61.6 Å². The number of ether oxygens (including phenoxy) is 1. The smallest absolute Gasteiger partial charge is 0.312 e. The zero-order valence-electron chi connectivity index (χ0n) is 24.4. The van der Waals surface area contributed by atoms with Crippen LogP contribution in [0.15, 0.2) is 23.0 Å². The van der Waals surface area contributed by atoms with Crippen molar-refractivity contribution in [3.8, 4) is 6.07 Å². The van der Waals surface area contributed by atoms with Crippen LogP contribution in [0.3, 0.4) is 0 Å². The molecule has 5 aliphatic carbocycles. The van der Waals surface area contributed by atoms with Gasteiger partial charge in [0.1, 0.15) is 5.76 Å². The van der Waals surface area contributed by atoms with Crippen LogP contribution in [0.4, 0.5) is 0 Å². The minimum Gasteiger partial charge on any atom is -0.511 e. The summed E-state index contributed by atoms with van der Waals surface area (Å²) in [7, 11) is 1.46. The molecule has 2 N–H and O–H groups in total. The third-order valence-corrected chi connectivity index (χ3v) is 12.6. The van der Waals surface area contributed by atoms with Crippen molar-refractivity contribution >= 4 is 11.8 Å². The van der Waals surface area contributed by atoms with Crippen molar-refractivity contribution in [2.45, 2.75) is 99.5 Å². The first-order valence-corrected chi connectivity index (χ1v) is 14.3. The Kier molecular flexibility index (Phi) is 5.75. The maximum Gasteiger partial charge on any atom is 0.312 e. The first-order valence-electron chi connectivity index (χ1n) is 14.3. The Balaban J connectivity index is 1.71. The summed E-state index contributed by atoms with van der Waals surface area (Å²) in [5.41, 5.74) is -1.69. The second kappa shape index (κ2) is 7.96. The molecule has 5 aliphatic rings. The topological polar surface area (TPSA) is 108 Å². The third-order valence-electron chi connectivity index (χ3n) is 12.6. The summed E-state index contributed by atoms with van der Waals surface area (Å²) < 4.78 is 5.39. The zero-order valence-corrected chi connectivity index (χ0v) is 24.4. The van der Waals surface area contributed by atoms with Crippen molar-refractivity contribution in [3.63, 3.8) is 0 Å². The Labute approximate surface area is 227 Å². The summed E-state index contributed by atoms with van der Waals surface area (Å²) in [4.78, 5) is 27.8. The van der Waals surface area contributed by atoms with Crippen molar-refractivity contribution in [1.82, 2.24) is 0 Å². The molecule has 0 aliphatic heterocycles. The van der Waals surface area contributed by atoms with Crippen LogP contribution in [0.2, 0.25) is 0 Å². The highest BCUT2D eigenvalue weighted by Crippen LogP contribution is 2.75. The van der Waals surface area contributed by atoms with Gasteiger partial charge in [-0.25, -0.2) is 0 Å². The number of nitriles is 1. The second-order valence-corrected chi connectivity index (χ2v) is 15.3. The maximum atomic E-state index is 14.4. The number of hydrogen-bond donors (Lipinski definition) is 2. The van der Waals surface area contributed by atoms with Gasteiger partial charge in [0.2, 0.25) is 0 Å². The summed E-state index contributed by atoms with van der Waals surface area (Å²) in [6, 6.07) is 2.22. The molecule has 0 spiro atoms. The molecule has 0 aromatic carbocycles. The number of hydrogen-bond acceptors (Lipinski definition) is 6. The number of carbonyl (C=O) groups is 2. The third kappa shape index (κ3) is 3.14. The number of esters is 1. The van der Waals surface area contributed by atoms with Crippen LogP contribution in [0.1, 0.15) is 93.4 Å². The van der Waals surface area contributed by atoms with E-state index < -0.39 is 33.2 Å². The SMILES string of the molecule is COC(=O)[C@]12CCC(C)(C)C[C@H]1[C@H]1C(=O)C=C3[C@@]4(C)CC(C#N)=C(O)C(C)(C)[C@@H]4[C@H](O)C[C@@]3(C)[C@]1(C)CC2. The van der Waals surface area contributed by atoms with E-state index in [0.29, 0.717) is 31.3 Å². The van der Waals surface area contributed by atoms with Gasteiger partial charge in [-0.2, -0.15) is 5.26 Å². The Hall–Kier alpha value is -2.13. The Bertz CT molecular complexity index is 1200. The lowest BCUT2D eigenvalue weighted by molar-refractivity contribution is -0.199. The average Bonchev–Trinajstić information content (AvgIpc) is 2.82. The van der Waals surface area contributed by atoms with Crippen LogP contribution < -0.4 is 0 Å². The highest BCUT2D eigenvalue weighted by Gasteiger charge is 2.72. The molecule has 0 aromatic rings. The fourth-order valence-corrected chi connectivity index (χ4v) is 10.7. The van der Waals surface area contributed by atoms with Crippen LogP contribution in [0.25, 0.3) is 0 Å². The first kappa shape index (κ1) is 27.4. The number of methoxy groups -OCH3 is 1. The lowest BCUT2D eigenvalue weighted by Gasteiger charge is -2.70. The van der Waals surface area contributed by atoms with E-state index in [2.05, 4.69) is 40.7 Å². The van der Waals surface area contributed by atoms with E-state index in [-0.39, 0.29) is 40.7 Å². The molecular weight excluding hydrogens is 478 g/mol. The summed E-state index contributed by atoms with van der Waals surface area (Å²) in [5.74, 6) is -0.845. The van der Waals surface area contributed by atoms with Crippen LogP contribution in [-0.4, -0.2) is 35.2 Å². The molecule has 8 atom stereocenters. The van der Waals surface area contributed by atoms with Gasteiger partial charge in [-0.15, -0.1) is 0 Å². The van der Waals surface area contributed by atoms with Gasteiger partial charge in [0.25, 0.3) is 0 Å². The number of carbonyl (C=O) groups excluding carboxylic acids is 2. The number of aliphatic hydroxyl groups is 2. The van der Waals surface area contributed by atoms with E-state index in [1.165, 1.54) is 7.11 Å². The molecule has 38 heavy (non-hydrogen) atoms. The summed E-state index contributed by atoms with van der Waals surface area (Å²) >= 11 is 0. The molecular formula is C32H45NO5. The zero-order chi connectivity index (χ0) is 28.3. The van der Waals surface area contributed by atoms with Gasteiger partial charge in [-0.1, -0.05) is 54.0 Å². The number of ketones is 1. The van der Waals surface area contributed by atoms with Gasteiger partial charge in [0.15, 0.2) is 5.78 Å². The van der Waals surface area contributed by atoms with Crippen molar-refractivity contribution < 1.29 is 24.5 Å². The average molecular weight is 524 g/mol. The van der Waals surface area contributed by atoms with Crippen LogP contribution >= 0.6 is 0 Å². The predicted molar refractivity (Wildman–Crippen MR) is 143 cm³/mol. The van der Waals surface area contributed by atoms with Crippen molar-refractivity contribution in [3.05, 3.63) is 23.0 Å². The highest BCUT2D eigenvalue weighted by atomic mass is 16.5. The monoisotopic (exact) mass is 523 g/mol. The lowest BCUT2D eigenvalue weighted by atomic mass is 9.33. The number of rotatable bonds is 1. The molecule has 0 radical (unpaired) electrons. The van der Waals surface area contributed by atoms with Gasteiger partial charge >= 0.3 is 5.97 Å². The second-order valence-electron chi connectivity index (χ2n) is 15.3. The summed E-state index contributed by atoms with van der Waals surface area (Å²) in [6.45, 7) is 14.8. The van der Waals surface area contributed by atoms with Crippen molar-refractivity contribution in [2.24, 2.45) is 50.2 Å². The molecule has 0 bridgehead atoms. The minimum absolute atomic E-state index is 0.0200. The van der Waals surface area contributed by atoms with E-state index in [0.717, 1.165) is 24.8 Å². The van der Waals surface area contributed by atoms with Crippen LogP contribution in [0.5, 0.6) is 0 Å². The Morgan fingerprint density at radius 2 is 1.68 bits per heavy atom. The molecule has 6 heteroatoms. The molecule has 5 rings (SSSR count). The molecule has 208 valence electrons. The van der Waals surface area contributed by atoms with E-state index in [1.54, 1.807) is 0 Å². The number of fused-ring (bicyclic) bond motifs is 7. The van der Waals surface area contributed by atoms with Gasteiger partial charge in [-0.05, 0) is 73.2 Å². The minimum atomic E-state index is -0.805. The van der Waals surface area contributed by atoms with Crippen molar-refractivity contribution in [2.75, 3.05) is 7.11 Å². The quantitative estimate of drug-likeness (QED) is 0.405. The lowest BCUT2D eigenvalue weighted by Crippen LogP contribution is -2.67. The van der Waals surface area contributed by atoms with E-state index in [4.69, 9.17) is 4.74 Å². The van der Waals surface area contributed by atoms with Crippen LogP contribution in [-0.2, 0) is 14.3 Å². The first-order chi connectivity index (χ1) is 17.4. The Morgan fingerprint density at radius 1 is 1.05 bits per heavy atom. The summed E-state index contributed by atoms with van der Waals surface area (Å²) in [6.07, 6.45) is 5.75. The fraction of sp³-hybridized carbons (Fsp3) is 0.781. The molecule has 3 fully saturated rings. The van der Waals surface area contributed by atoms with E-state index in [9.17, 15) is 25.1 Å². The highest BCUT2D eigenvalue weighted by molar-refractivity contribution is 5.96. The van der Waals surface area contributed by atoms with Gasteiger partial charge in [-0.3, -0.25) is 9.59 Å². The molecule has 0 unspecified atom stereocenters. The fourth-order valence-electron chi connectivity index (χ4n) is 10.7. The molecule has 0 aromatic heterocycles.